The average Bonchev–Trinajstić information content (AvgIpc) is 2.57. The molecular weight excluding hydrogens is 267 g/mol. The Morgan fingerprint density at radius 3 is 2.00 bits per heavy atom. The topological polar surface area (TPSA) is 17.8 Å². The molecule has 1 heterocycles. The first-order valence-electron chi connectivity index (χ1n) is 5.21. The Kier molecular flexibility index (Phi) is 5.25. The second-order valence-electron chi connectivity index (χ2n) is 4.01. The SMILES string of the molecule is Cc1cc(C)n(-c2ccc([B-](F)(F)F)cc2)n1.[K+]. The van der Waals surface area contributed by atoms with E-state index in [0.717, 1.165) is 23.5 Å². The average molecular weight is 278 g/mol. The van der Waals surface area contributed by atoms with Crippen LogP contribution in [0.25, 0.3) is 5.69 Å². The number of halogens is 3. The standard InChI is InChI=1S/C11H11BF3N2.K/c1-8-7-9(2)17(16-8)11-5-3-10(4-6-11)12(13,14)15;/h3-7H,1-2H3;/q-1;+1. The van der Waals surface area contributed by atoms with Crippen LogP contribution in [0.2, 0.25) is 0 Å². The first kappa shape index (κ1) is 16.0. The van der Waals surface area contributed by atoms with Crippen LogP contribution in [0.4, 0.5) is 12.9 Å². The van der Waals surface area contributed by atoms with Crippen LogP contribution in [0.1, 0.15) is 11.4 Å². The summed E-state index contributed by atoms with van der Waals surface area (Å²) in [4.78, 5) is 0. The van der Waals surface area contributed by atoms with Gasteiger partial charge in [0.05, 0.1) is 11.4 Å². The summed E-state index contributed by atoms with van der Waals surface area (Å²) in [6.07, 6.45) is 0. The zero-order valence-corrected chi connectivity index (χ0v) is 13.6. The van der Waals surface area contributed by atoms with Crippen LogP contribution in [-0.4, -0.2) is 16.8 Å². The fourth-order valence-electron chi connectivity index (χ4n) is 1.72. The van der Waals surface area contributed by atoms with Gasteiger partial charge in [0.15, 0.2) is 0 Å². The molecule has 1 aromatic heterocycles. The van der Waals surface area contributed by atoms with Crippen molar-refractivity contribution in [2.24, 2.45) is 0 Å². The van der Waals surface area contributed by atoms with Crippen molar-refractivity contribution in [3.8, 4) is 5.69 Å². The summed E-state index contributed by atoms with van der Waals surface area (Å²) in [5, 5.41) is 4.21. The maximum absolute atomic E-state index is 12.4. The molecule has 2 rings (SSSR count). The van der Waals surface area contributed by atoms with Gasteiger partial charge in [-0.15, -0.1) is 5.46 Å². The van der Waals surface area contributed by atoms with Gasteiger partial charge >= 0.3 is 58.4 Å². The Balaban J connectivity index is 0.00000162. The minimum atomic E-state index is -4.93. The molecule has 0 aliphatic rings. The Morgan fingerprint density at radius 1 is 1.06 bits per heavy atom. The molecule has 0 aliphatic heterocycles. The fourth-order valence-corrected chi connectivity index (χ4v) is 1.72. The van der Waals surface area contributed by atoms with Crippen molar-refractivity contribution in [1.82, 2.24) is 9.78 Å². The van der Waals surface area contributed by atoms with E-state index >= 15 is 0 Å². The summed E-state index contributed by atoms with van der Waals surface area (Å²) in [5.41, 5.74) is 1.79. The molecule has 0 aliphatic carbocycles. The van der Waals surface area contributed by atoms with E-state index in [1.54, 1.807) is 4.68 Å². The molecule has 0 radical (unpaired) electrons. The van der Waals surface area contributed by atoms with Crippen molar-refractivity contribution in [2.75, 3.05) is 0 Å². The summed E-state index contributed by atoms with van der Waals surface area (Å²) in [7, 11) is 0. The number of nitrogens with zero attached hydrogens (tertiary/aromatic N) is 2. The van der Waals surface area contributed by atoms with E-state index in [1.165, 1.54) is 12.1 Å². The number of benzene rings is 1. The number of aryl methyl sites for hydroxylation is 2. The molecule has 0 amide bonds. The molecule has 2 aromatic rings. The third-order valence-electron chi connectivity index (χ3n) is 2.53. The first-order chi connectivity index (χ1) is 7.88. The van der Waals surface area contributed by atoms with Crippen LogP contribution in [0.3, 0.4) is 0 Å². The Labute approximate surface area is 146 Å². The van der Waals surface area contributed by atoms with Crippen LogP contribution >= 0.6 is 0 Å². The summed E-state index contributed by atoms with van der Waals surface area (Å²) in [6, 6.07) is 6.92. The van der Waals surface area contributed by atoms with Crippen LogP contribution in [0.5, 0.6) is 0 Å². The number of hydrogen-bond donors (Lipinski definition) is 0. The molecular formula is C11H11BF3KN2. The summed E-state index contributed by atoms with van der Waals surface area (Å²) >= 11 is 0. The summed E-state index contributed by atoms with van der Waals surface area (Å²) < 4.78 is 39.0. The van der Waals surface area contributed by atoms with E-state index in [0.29, 0.717) is 5.69 Å². The maximum Gasteiger partial charge on any atom is 1.00 e. The van der Waals surface area contributed by atoms with Gasteiger partial charge < -0.3 is 12.9 Å². The molecule has 18 heavy (non-hydrogen) atoms. The van der Waals surface area contributed by atoms with E-state index in [2.05, 4.69) is 5.10 Å². The first-order valence-corrected chi connectivity index (χ1v) is 5.21. The summed E-state index contributed by atoms with van der Waals surface area (Å²) in [6.45, 7) is -1.22. The monoisotopic (exact) mass is 278 g/mol. The Hall–Kier alpha value is -0.0787. The van der Waals surface area contributed by atoms with Gasteiger partial charge in [-0.3, -0.25) is 0 Å². The van der Waals surface area contributed by atoms with Gasteiger partial charge in [0.2, 0.25) is 0 Å². The molecule has 0 unspecified atom stereocenters. The number of hydrogen-bond acceptors (Lipinski definition) is 1. The molecule has 1 aromatic carbocycles. The summed E-state index contributed by atoms with van der Waals surface area (Å²) in [5.74, 6) is 0. The Bertz CT molecular complexity index is 534. The second kappa shape index (κ2) is 5.92. The predicted molar refractivity (Wildman–Crippen MR) is 61.8 cm³/mol. The van der Waals surface area contributed by atoms with Crippen molar-refractivity contribution in [2.45, 2.75) is 13.8 Å². The quantitative estimate of drug-likeness (QED) is 0.680. The maximum atomic E-state index is 12.4. The minimum absolute atomic E-state index is 0. The molecule has 0 bridgehead atoms. The second-order valence-corrected chi connectivity index (χ2v) is 4.01. The Morgan fingerprint density at radius 2 is 1.61 bits per heavy atom. The minimum Gasteiger partial charge on any atom is -0.445 e. The van der Waals surface area contributed by atoms with E-state index < -0.39 is 12.4 Å². The largest absolute Gasteiger partial charge is 1.00 e. The van der Waals surface area contributed by atoms with Gasteiger partial charge in [-0.25, -0.2) is 4.68 Å². The van der Waals surface area contributed by atoms with Crippen LogP contribution in [0.15, 0.2) is 30.3 Å². The normalized spacial score (nSPS) is 11.2. The molecule has 2 nitrogen and oxygen atoms in total. The van der Waals surface area contributed by atoms with Crippen LogP contribution in [-0.2, 0) is 0 Å². The van der Waals surface area contributed by atoms with Gasteiger partial charge in [-0.1, -0.05) is 12.1 Å². The third kappa shape index (κ3) is 3.48. The zero-order chi connectivity index (χ0) is 12.6. The van der Waals surface area contributed by atoms with E-state index in [9.17, 15) is 12.9 Å². The van der Waals surface area contributed by atoms with Crippen molar-refractivity contribution < 1.29 is 64.3 Å². The molecule has 0 fully saturated rings. The molecule has 0 spiro atoms. The molecule has 0 atom stereocenters. The van der Waals surface area contributed by atoms with E-state index in [-0.39, 0.29) is 51.4 Å². The fraction of sp³-hybridized carbons (Fsp3) is 0.182. The smallest absolute Gasteiger partial charge is 0.445 e. The van der Waals surface area contributed by atoms with Crippen molar-refractivity contribution in [3.63, 3.8) is 0 Å². The van der Waals surface area contributed by atoms with E-state index in [1.807, 2.05) is 19.9 Å². The number of aromatic nitrogens is 2. The van der Waals surface area contributed by atoms with Crippen LogP contribution < -0.4 is 56.8 Å². The van der Waals surface area contributed by atoms with E-state index in [4.69, 9.17) is 0 Å². The van der Waals surface area contributed by atoms with Crippen molar-refractivity contribution >= 4 is 12.4 Å². The molecule has 0 saturated heterocycles. The molecule has 0 N–H and O–H groups in total. The van der Waals surface area contributed by atoms with Gasteiger partial charge in [-0.05, 0) is 32.0 Å². The van der Waals surface area contributed by atoms with Crippen molar-refractivity contribution in [3.05, 3.63) is 41.7 Å². The van der Waals surface area contributed by atoms with Gasteiger partial charge in [-0.2, -0.15) is 5.10 Å². The van der Waals surface area contributed by atoms with Gasteiger partial charge in [0.1, 0.15) is 0 Å². The predicted octanol–water partition coefficient (Wildman–Crippen LogP) is -0.452. The molecule has 7 heteroatoms. The third-order valence-corrected chi connectivity index (χ3v) is 2.53. The van der Waals surface area contributed by atoms with Crippen LogP contribution in [0, 0.1) is 13.8 Å². The number of rotatable bonds is 2. The zero-order valence-electron chi connectivity index (χ0n) is 10.5. The molecule has 90 valence electrons. The van der Waals surface area contributed by atoms with Gasteiger partial charge in [0.25, 0.3) is 0 Å². The van der Waals surface area contributed by atoms with Crippen molar-refractivity contribution in [1.29, 1.82) is 0 Å². The molecule has 0 saturated carbocycles. The van der Waals surface area contributed by atoms with Gasteiger partial charge in [0, 0.05) is 5.69 Å².